The van der Waals surface area contributed by atoms with E-state index in [9.17, 15) is 19.2 Å². The van der Waals surface area contributed by atoms with Gasteiger partial charge in [0.25, 0.3) is 0 Å². The highest BCUT2D eigenvalue weighted by Gasteiger charge is 2.28. The van der Waals surface area contributed by atoms with Crippen molar-refractivity contribution in [1.29, 1.82) is 0 Å². The highest BCUT2D eigenvalue weighted by atomic mass is 32.2. The zero-order valence-corrected chi connectivity index (χ0v) is 21.0. The molecule has 11 heteroatoms. The first-order valence-electron chi connectivity index (χ1n) is 11.5. The van der Waals surface area contributed by atoms with E-state index >= 15 is 0 Å². The number of methoxy groups -OCH3 is 1. The molecule has 0 radical (unpaired) electrons. The fraction of sp³-hybridized carbons (Fsp3) is 0.360. The van der Waals surface area contributed by atoms with Gasteiger partial charge in [0, 0.05) is 31.1 Å². The molecule has 0 aliphatic carbocycles. The normalized spacial score (nSPS) is 17.0. The number of carbonyl (C=O) groups excluding carboxylic acids is 4. The molecule has 4 N–H and O–H groups in total. The van der Waals surface area contributed by atoms with Crippen molar-refractivity contribution >= 4 is 41.1 Å². The molecule has 10 nitrogen and oxygen atoms in total. The van der Waals surface area contributed by atoms with Crippen LogP contribution in [0.4, 0.5) is 5.69 Å². The van der Waals surface area contributed by atoms with Crippen LogP contribution in [0.15, 0.2) is 48.5 Å². The smallest absolute Gasteiger partial charge is 0.338 e. The Morgan fingerprint density at radius 2 is 1.89 bits per heavy atom. The molecule has 2 aromatic rings. The molecule has 2 atom stereocenters. The predicted octanol–water partition coefficient (Wildman–Crippen LogP) is 2.01. The first-order valence-corrected chi connectivity index (χ1v) is 12.5. The van der Waals surface area contributed by atoms with Crippen molar-refractivity contribution in [3.63, 3.8) is 0 Å². The summed E-state index contributed by atoms with van der Waals surface area (Å²) in [6.45, 7) is 2.37. The molecule has 3 rings (SSSR count). The third-order valence-corrected chi connectivity index (χ3v) is 6.24. The highest BCUT2D eigenvalue weighted by molar-refractivity contribution is 8.00. The summed E-state index contributed by atoms with van der Waals surface area (Å²) in [5.74, 6) is -0.270. The van der Waals surface area contributed by atoms with Crippen molar-refractivity contribution < 1.29 is 28.7 Å². The highest BCUT2D eigenvalue weighted by Crippen LogP contribution is 2.16. The molecule has 1 fully saturated rings. The number of thioether (sulfide) groups is 1. The topological polar surface area (TPSA) is 135 Å². The van der Waals surface area contributed by atoms with Gasteiger partial charge in [-0.3, -0.25) is 19.7 Å². The molecule has 36 heavy (non-hydrogen) atoms. The van der Waals surface area contributed by atoms with Crippen LogP contribution < -0.4 is 26.0 Å². The quantitative estimate of drug-likeness (QED) is 0.335. The first kappa shape index (κ1) is 27.0. The molecule has 3 amide bonds. The third kappa shape index (κ3) is 8.58. The molecule has 192 valence electrons. The monoisotopic (exact) mass is 514 g/mol. The standard InChI is InChI=1S/C25H30N4O6S/c1-3-35-24(33)17-7-9-18(10-8-17)27-23(32)15-36-25-28-19(13-22(31)29-25)12-21(30)26-14-16-5-4-6-20(11-16)34-2/h4-11,19,25,28H,3,12-15H2,1-2H3,(H,26,30)(H,27,32)(H,29,31). The largest absolute Gasteiger partial charge is 0.497 e. The number of esters is 1. The minimum atomic E-state index is -0.501. The van der Waals surface area contributed by atoms with E-state index in [-0.39, 0.29) is 49.0 Å². The Morgan fingerprint density at radius 3 is 2.61 bits per heavy atom. The van der Waals surface area contributed by atoms with E-state index in [1.807, 2.05) is 24.3 Å². The Labute approximate surface area is 213 Å². The molecule has 1 aliphatic rings. The van der Waals surface area contributed by atoms with Crippen LogP contribution in [0.3, 0.4) is 0 Å². The fourth-order valence-electron chi connectivity index (χ4n) is 3.50. The van der Waals surface area contributed by atoms with Crippen LogP contribution >= 0.6 is 11.8 Å². The first-order chi connectivity index (χ1) is 17.4. The number of nitrogens with one attached hydrogen (secondary N) is 4. The Kier molecular flexibility index (Phi) is 10.1. The Hall–Kier alpha value is -3.57. The molecule has 0 spiro atoms. The molecule has 0 bridgehead atoms. The van der Waals surface area contributed by atoms with Gasteiger partial charge in [-0.2, -0.15) is 0 Å². The minimum absolute atomic E-state index is 0.0757. The second kappa shape index (κ2) is 13.5. The molecule has 0 saturated carbocycles. The lowest BCUT2D eigenvalue weighted by atomic mass is 10.1. The molecule has 2 aromatic carbocycles. The van der Waals surface area contributed by atoms with Gasteiger partial charge in [-0.25, -0.2) is 4.79 Å². The van der Waals surface area contributed by atoms with E-state index in [2.05, 4.69) is 21.3 Å². The maximum absolute atomic E-state index is 12.4. The van der Waals surface area contributed by atoms with Crippen LogP contribution in [0.5, 0.6) is 5.75 Å². The van der Waals surface area contributed by atoms with Crippen LogP contribution in [0.2, 0.25) is 0 Å². The summed E-state index contributed by atoms with van der Waals surface area (Å²) in [6, 6.07) is 13.5. The summed E-state index contributed by atoms with van der Waals surface area (Å²) >= 11 is 1.21. The van der Waals surface area contributed by atoms with Gasteiger partial charge in [0.15, 0.2) is 0 Å². The molecule has 2 unspecified atom stereocenters. The molecule has 1 saturated heterocycles. The maximum Gasteiger partial charge on any atom is 0.338 e. The van der Waals surface area contributed by atoms with Gasteiger partial charge in [-0.05, 0) is 48.9 Å². The summed E-state index contributed by atoms with van der Waals surface area (Å²) in [4.78, 5) is 48.6. The number of amides is 3. The van der Waals surface area contributed by atoms with E-state index in [0.29, 0.717) is 23.5 Å². The lowest BCUT2D eigenvalue weighted by molar-refractivity contribution is -0.125. The number of carbonyl (C=O) groups is 4. The molecule has 0 aromatic heterocycles. The Morgan fingerprint density at radius 1 is 1.11 bits per heavy atom. The van der Waals surface area contributed by atoms with E-state index in [1.54, 1.807) is 38.3 Å². The number of hydrogen-bond donors (Lipinski definition) is 4. The van der Waals surface area contributed by atoms with Crippen LogP contribution in [0.25, 0.3) is 0 Å². The zero-order chi connectivity index (χ0) is 25.9. The van der Waals surface area contributed by atoms with Crippen molar-refractivity contribution in [1.82, 2.24) is 16.0 Å². The Balaban J connectivity index is 1.42. The van der Waals surface area contributed by atoms with Crippen molar-refractivity contribution in [3.8, 4) is 5.75 Å². The molecule has 1 aliphatic heterocycles. The van der Waals surface area contributed by atoms with Gasteiger partial charge in [0.1, 0.15) is 11.2 Å². The second-order valence-electron chi connectivity index (χ2n) is 8.00. The van der Waals surface area contributed by atoms with E-state index in [1.165, 1.54) is 11.8 Å². The lowest BCUT2D eigenvalue weighted by Crippen LogP contribution is -2.56. The van der Waals surface area contributed by atoms with Crippen LogP contribution in [0.1, 0.15) is 35.7 Å². The van der Waals surface area contributed by atoms with Gasteiger partial charge < -0.3 is 25.4 Å². The van der Waals surface area contributed by atoms with Gasteiger partial charge in [0.2, 0.25) is 17.7 Å². The number of benzene rings is 2. The maximum atomic E-state index is 12.4. The van der Waals surface area contributed by atoms with Crippen molar-refractivity contribution in [3.05, 3.63) is 59.7 Å². The molecular weight excluding hydrogens is 484 g/mol. The van der Waals surface area contributed by atoms with Crippen molar-refractivity contribution in [2.75, 3.05) is 24.8 Å². The summed E-state index contributed by atoms with van der Waals surface area (Å²) in [5.41, 5.74) is 1.35. The fourth-order valence-corrected chi connectivity index (χ4v) is 4.40. The van der Waals surface area contributed by atoms with Crippen molar-refractivity contribution in [2.45, 2.75) is 37.8 Å². The third-order valence-electron chi connectivity index (χ3n) is 5.23. The van der Waals surface area contributed by atoms with Crippen LogP contribution in [-0.4, -0.2) is 54.7 Å². The number of ether oxygens (including phenoxy) is 2. The number of rotatable bonds is 11. The number of anilines is 1. The van der Waals surface area contributed by atoms with E-state index in [4.69, 9.17) is 9.47 Å². The van der Waals surface area contributed by atoms with E-state index < -0.39 is 11.5 Å². The molecular formula is C25H30N4O6S. The van der Waals surface area contributed by atoms with Gasteiger partial charge in [-0.15, -0.1) is 11.8 Å². The SMILES string of the molecule is CCOC(=O)c1ccc(NC(=O)CSC2NC(=O)CC(CC(=O)NCc3cccc(OC)c3)N2)cc1. The Bertz CT molecular complexity index is 1080. The van der Waals surface area contributed by atoms with E-state index in [0.717, 1.165) is 5.56 Å². The summed E-state index contributed by atoms with van der Waals surface area (Å²) in [5, 5.41) is 11.6. The number of hydrogen-bond acceptors (Lipinski definition) is 8. The summed E-state index contributed by atoms with van der Waals surface area (Å²) in [6.07, 6.45) is 0.302. The van der Waals surface area contributed by atoms with Gasteiger partial charge in [0.05, 0.1) is 25.0 Å². The predicted molar refractivity (Wildman–Crippen MR) is 136 cm³/mol. The van der Waals surface area contributed by atoms with Crippen molar-refractivity contribution in [2.24, 2.45) is 0 Å². The zero-order valence-electron chi connectivity index (χ0n) is 20.2. The van der Waals surface area contributed by atoms with Gasteiger partial charge >= 0.3 is 5.97 Å². The molecule has 1 heterocycles. The summed E-state index contributed by atoms with van der Waals surface area (Å²) < 4.78 is 10.1. The second-order valence-corrected chi connectivity index (χ2v) is 9.10. The lowest BCUT2D eigenvalue weighted by Gasteiger charge is -2.30. The summed E-state index contributed by atoms with van der Waals surface area (Å²) in [7, 11) is 1.58. The minimum Gasteiger partial charge on any atom is -0.497 e. The van der Waals surface area contributed by atoms with Gasteiger partial charge in [-0.1, -0.05) is 12.1 Å². The van der Waals surface area contributed by atoms with Crippen LogP contribution in [0, 0.1) is 0 Å². The van der Waals surface area contributed by atoms with Crippen LogP contribution in [-0.2, 0) is 25.7 Å². The average Bonchev–Trinajstić information content (AvgIpc) is 2.86. The average molecular weight is 515 g/mol.